The van der Waals surface area contributed by atoms with Crippen molar-refractivity contribution in [2.75, 3.05) is 26.2 Å². The van der Waals surface area contributed by atoms with Gasteiger partial charge in [-0.25, -0.2) is 8.42 Å². The molecule has 1 heterocycles. The number of nitrogens with zero attached hydrogens (tertiary/aromatic N) is 3. The molecule has 0 saturated carbocycles. The molecule has 0 aromatic carbocycles. The van der Waals surface area contributed by atoms with Crippen molar-refractivity contribution >= 4 is 10.0 Å². The van der Waals surface area contributed by atoms with Gasteiger partial charge in [-0.15, -0.1) is 13.2 Å². The Morgan fingerprint density at radius 1 is 1.38 bits per heavy atom. The molecule has 0 radical (unpaired) electrons. The molecule has 6 nitrogen and oxygen atoms in total. The lowest BCUT2D eigenvalue weighted by Crippen LogP contribution is -2.31. The van der Waals surface area contributed by atoms with Crippen molar-refractivity contribution in [2.24, 2.45) is 0 Å². The van der Waals surface area contributed by atoms with Crippen LogP contribution in [-0.4, -0.2) is 48.7 Å². The standard InChI is InChI=1S/C14H24N4O2S/c1-4-9-18(10-5-2)21(19,20)14-12-16-17(13-14)11-7-8-15-6-3/h4-5,12-13,15H,1-2,6-11H2,3H3. The first-order valence-electron chi connectivity index (χ1n) is 7.01. The molecular weight excluding hydrogens is 288 g/mol. The Morgan fingerprint density at radius 3 is 2.62 bits per heavy atom. The second kappa shape index (κ2) is 8.76. The summed E-state index contributed by atoms with van der Waals surface area (Å²) in [6, 6.07) is 0. The summed E-state index contributed by atoms with van der Waals surface area (Å²) in [6.45, 7) is 12.2. The van der Waals surface area contributed by atoms with Gasteiger partial charge in [-0.3, -0.25) is 4.68 Å². The Bertz CT molecular complexity index is 541. The quantitative estimate of drug-likeness (QED) is 0.493. The first kappa shape index (κ1) is 17.6. The predicted octanol–water partition coefficient (Wildman–Crippen LogP) is 1.25. The predicted molar refractivity (Wildman–Crippen MR) is 84.5 cm³/mol. The summed E-state index contributed by atoms with van der Waals surface area (Å²) in [5.41, 5.74) is 0. The summed E-state index contributed by atoms with van der Waals surface area (Å²) in [4.78, 5) is 0.203. The lowest BCUT2D eigenvalue weighted by molar-refractivity contribution is 0.474. The SMILES string of the molecule is C=CCN(CC=C)S(=O)(=O)c1cnn(CCCNCC)c1. The number of nitrogens with one attached hydrogen (secondary N) is 1. The molecule has 0 unspecified atom stereocenters. The van der Waals surface area contributed by atoms with Gasteiger partial charge in [0.1, 0.15) is 4.90 Å². The normalized spacial score (nSPS) is 11.7. The monoisotopic (exact) mass is 312 g/mol. The molecule has 0 bridgehead atoms. The topological polar surface area (TPSA) is 67.2 Å². The summed E-state index contributed by atoms with van der Waals surface area (Å²) < 4.78 is 27.9. The van der Waals surface area contributed by atoms with Crippen molar-refractivity contribution in [2.45, 2.75) is 24.8 Å². The van der Waals surface area contributed by atoms with Crippen LogP contribution in [0.25, 0.3) is 0 Å². The van der Waals surface area contributed by atoms with Gasteiger partial charge in [0.2, 0.25) is 10.0 Å². The Balaban J connectivity index is 2.76. The van der Waals surface area contributed by atoms with Crippen LogP contribution in [0.5, 0.6) is 0 Å². The van der Waals surface area contributed by atoms with E-state index in [-0.39, 0.29) is 18.0 Å². The van der Waals surface area contributed by atoms with E-state index in [2.05, 4.69) is 23.6 Å². The maximum Gasteiger partial charge on any atom is 0.246 e. The molecule has 118 valence electrons. The minimum Gasteiger partial charge on any atom is -0.317 e. The molecule has 0 saturated heterocycles. The fourth-order valence-electron chi connectivity index (χ4n) is 1.85. The van der Waals surface area contributed by atoms with E-state index in [9.17, 15) is 8.42 Å². The van der Waals surface area contributed by atoms with E-state index in [1.54, 1.807) is 23.0 Å². The largest absolute Gasteiger partial charge is 0.317 e. The van der Waals surface area contributed by atoms with Crippen molar-refractivity contribution in [3.63, 3.8) is 0 Å². The number of aryl methyl sites for hydroxylation is 1. The van der Waals surface area contributed by atoms with Crippen LogP contribution < -0.4 is 5.32 Å². The molecule has 0 aliphatic rings. The fourth-order valence-corrected chi connectivity index (χ4v) is 3.19. The van der Waals surface area contributed by atoms with Crippen LogP contribution >= 0.6 is 0 Å². The maximum atomic E-state index is 12.5. The number of aromatic nitrogens is 2. The Kier molecular flexibility index (Phi) is 7.35. The summed E-state index contributed by atoms with van der Waals surface area (Å²) in [5.74, 6) is 0. The van der Waals surface area contributed by atoms with Crippen LogP contribution in [0.15, 0.2) is 42.6 Å². The zero-order valence-electron chi connectivity index (χ0n) is 12.5. The number of hydrogen-bond donors (Lipinski definition) is 1. The third-order valence-corrected chi connectivity index (χ3v) is 4.69. The molecular formula is C14H24N4O2S. The van der Waals surface area contributed by atoms with Gasteiger partial charge in [0.15, 0.2) is 0 Å². The lowest BCUT2D eigenvalue weighted by Gasteiger charge is -2.17. The highest BCUT2D eigenvalue weighted by Crippen LogP contribution is 2.14. The van der Waals surface area contributed by atoms with Gasteiger partial charge in [-0.05, 0) is 19.5 Å². The highest BCUT2D eigenvalue weighted by molar-refractivity contribution is 7.89. The molecule has 0 atom stereocenters. The minimum absolute atomic E-state index is 0.203. The number of sulfonamides is 1. The number of hydrogen-bond acceptors (Lipinski definition) is 4. The molecule has 21 heavy (non-hydrogen) atoms. The Labute approximate surface area is 127 Å². The van der Waals surface area contributed by atoms with Gasteiger partial charge < -0.3 is 5.32 Å². The summed E-state index contributed by atoms with van der Waals surface area (Å²) in [6.07, 6.45) is 6.98. The third-order valence-electron chi connectivity index (χ3n) is 2.90. The molecule has 0 aliphatic heterocycles. The first-order chi connectivity index (χ1) is 10.1. The Morgan fingerprint density at radius 2 is 2.05 bits per heavy atom. The lowest BCUT2D eigenvalue weighted by atomic mass is 10.4. The first-order valence-corrected chi connectivity index (χ1v) is 8.45. The highest BCUT2D eigenvalue weighted by atomic mass is 32.2. The van der Waals surface area contributed by atoms with E-state index >= 15 is 0 Å². The zero-order valence-corrected chi connectivity index (χ0v) is 13.3. The second-order valence-electron chi connectivity index (χ2n) is 4.55. The van der Waals surface area contributed by atoms with E-state index < -0.39 is 10.0 Å². The smallest absolute Gasteiger partial charge is 0.246 e. The summed E-state index contributed by atoms with van der Waals surface area (Å²) >= 11 is 0. The van der Waals surface area contributed by atoms with Crippen molar-refractivity contribution in [1.29, 1.82) is 0 Å². The molecule has 0 aliphatic carbocycles. The van der Waals surface area contributed by atoms with Gasteiger partial charge in [0, 0.05) is 25.8 Å². The van der Waals surface area contributed by atoms with Gasteiger partial charge in [-0.2, -0.15) is 9.40 Å². The second-order valence-corrected chi connectivity index (χ2v) is 6.48. The summed E-state index contributed by atoms with van der Waals surface area (Å²) in [5, 5.41) is 7.33. The molecule has 0 amide bonds. The molecule has 7 heteroatoms. The average Bonchev–Trinajstić information content (AvgIpc) is 2.93. The number of rotatable bonds is 11. The van der Waals surface area contributed by atoms with Gasteiger partial charge in [0.05, 0.1) is 6.20 Å². The fraction of sp³-hybridized carbons (Fsp3) is 0.500. The van der Waals surface area contributed by atoms with Crippen molar-refractivity contribution in [1.82, 2.24) is 19.4 Å². The van der Waals surface area contributed by atoms with Gasteiger partial charge in [-0.1, -0.05) is 19.1 Å². The van der Waals surface area contributed by atoms with Crippen LogP contribution in [-0.2, 0) is 16.6 Å². The van der Waals surface area contributed by atoms with Gasteiger partial charge >= 0.3 is 0 Å². The van der Waals surface area contributed by atoms with Crippen LogP contribution in [0.4, 0.5) is 0 Å². The van der Waals surface area contributed by atoms with E-state index in [0.717, 1.165) is 19.5 Å². The highest BCUT2D eigenvalue weighted by Gasteiger charge is 2.23. The molecule has 1 N–H and O–H groups in total. The maximum absolute atomic E-state index is 12.5. The van der Waals surface area contributed by atoms with Gasteiger partial charge in [0.25, 0.3) is 0 Å². The molecule has 0 fully saturated rings. The molecule has 1 aromatic heterocycles. The van der Waals surface area contributed by atoms with Crippen molar-refractivity contribution < 1.29 is 8.42 Å². The zero-order chi connectivity index (χ0) is 15.7. The van der Waals surface area contributed by atoms with E-state index in [4.69, 9.17) is 0 Å². The van der Waals surface area contributed by atoms with Crippen molar-refractivity contribution in [3.05, 3.63) is 37.7 Å². The molecule has 0 spiro atoms. The van der Waals surface area contributed by atoms with Crippen LogP contribution in [0.1, 0.15) is 13.3 Å². The summed E-state index contributed by atoms with van der Waals surface area (Å²) in [7, 11) is -3.55. The van der Waals surface area contributed by atoms with E-state index in [0.29, 0.717) is 6.54 Å². The van der Waals surface area contributed by atoms with Crippen molar-refractivity contribution in [3.8, 4) is 0 Å². The minimum atomic E-state index is -3.55. The Hall–Kier alpha value is -1.44. The van der Waals surface area contributed by atoms with E-state index in [1.807, 2.05) is 6.92 Å². The van der Waals surface area contributed by atoms with Crippen LogP contribution in [0.2, 0.25) is 0 Å². The van der Waals surface area contributed by atoms with E-state index in [1.165, 1.54) is 10.5 Å². The molecule has 1 aromatic rings. The third kappa shape index (κ3) is 5.11. The molecule has 1 rings (SSSR count). The van der Waals surface area contributed by atoms with Crippen LogP contribution in [0, 0.1) is 0 Å². The average molecular weight is 312 g/mol. The van der Waals surface area contributed by atoms with Crippen LogP contribution in [0.3, 0.4) is 0 Å².